The van der Waals surface area contributed by atoms with Crippen molar-refractivity contribution in [2.24, 2.45) is 11.8 Å². The highest BCUT2D eigenvalue weighted by Gasteiger charge is 2.40. The van der Waals surface area contributed by atoms with E-state index in [1.165, 1.54) is 19.3 Å². The van der Waals surface area contributed by atoms with Crippen LogP contribution in [0.1, 0.15) is 54.4 Å². The van der Waals surface area contributed by atoms with E-state index in [9.17, 15) is 13.2 Å². The van der Waals surface area contributed by atoms with Gasteiger partial charge in [0, 0.05) is 24.7 Å². The van der Waals surface area contributed by atoms with Crippen LogP contribution in [0.3, 0.4) is 0 Å². The van der Waals surface area contributed by atoms with E-state index in [0.717, 1.165) is 30.7 Å². The van der Waals surface area contributed by atoms with Crippen molar-refractivity contribution in [3.63, 3.8) is 0 Å². The first-order valence-electron chi connectivity index (χ1n) is 9.39. The predicted molar refractivity (Wildman–Crippen MR) is 96.6 cm³/mol. The fraction of sp³-hybridized carbons (Fsp3) is 0.632. The molecule has 25 heavy (non-hydrogen) atoms. The highest BCUT2D eigenvalue weighted by Crippen LogP contribution is 2.44. The van der Waals surface area contributed by atoms with Gasteiger partial charge in [-0.2, -0.15) is 0 Å². The van der Waals surface area contributed by atoms with E-state index in [0.29, 0.717) is 30.6 Å². The molecule has 6 heteroatoms. The molecule has 5 nitrogen and oxygen atoms in total. The Labute approximate surface area is 149 Å². The van der Waals surface area contributed by atoms with Gasteiger partial charge in [0.25, 0.3) is 5.91 Å². The van der Waals surface area contributed by atoms with E-state index < -0.39 is 10.0 Å². The normalized spacial score (nSPS) is 29.2. The average molecular weight is 362 g/mol. The number of nitrogens with zero attached hydrogens (tertiary/aromatic N) is 1. The molecule has 3 aliphatic rings. The molecule has 136 valence electrons. The zero-order valence-corrected chi connectivity index (χ0v) is 15.3. The molecule has 1 aliphatic heterocycles. The van der Waals surface area contributed by atoms with Gasteiger partial charge in [-0.25, -0.2) is 12.7 Å². The molecule has 1 heterocycles. The minimum Gasteiger partial charge on any atom is -0.349 e. The van der Waals surface area contributed by atoms with Crippen molar-refractivity contribution < 1.29 is 13.2 Å². The lowest BCUT2D eigenvalue weighted by atomic mass is 9.95. The van der Waals surface area contributed by atoms with Gasteiger partial charge >= 0.3 is 0 Å². The second-order valence-corrected chi connectivity index (χ2v) is 9.78. The van der Waals surface area contributed by atoms with Crippen LogP contribution < -0.4 is 5.32 Å². The number of benzene rings is 1. The summed E-state index contributed by atoms with van der Waals surface area (Å²) in [5.74, 6) is 1.43. The average Bonchev–Trinajstić information content (AvgIpc) is 3.33. The van der Waals surface area contributed by atoms with Crippen LogP contribution in [0.2, 0.25) is 0 Å². The maximum Gasteiger partial charge on any atom is 0.251 e. The van der Waals surface area contributed by atoms with Crippen LogP contribution >= 0.6 is 0 Å². The molecular formula is C19H26N2O3S. The molecule has 0 aromatic heterocycles. The minimum absolute atomic E-state index is 0.0152. The Morgan fingerprint density at radius 1 is 1.08 bits per heavy atom. The maximum absolute atomic E-state index is 12.4. The lowest BCUT2D eigenvalue weighted by Gasteiger charge is -2.23. The molecule has 1 amide bonds. The SMILES string of the molecule is O=C(N[C@H]1C[C@@H]2CC[C@@H]1C2)c1ccc(CS(=O)(=O)N2CCCC2)cc1. The molecule has 3 atom stereocenters. The zero-order valence-electron chi connectivity index (χ0n) is 14.5. The summed E-state index contributed by atoms with van der Waals surface area (Å²) in [5, 5.41) is 3.17. The summed E-state index contributed by atoms with van der Waals surface area (Å²) in [6, 6.07) is 7.35. The molecule has 2 bridgehead atoms. The first kappa shape index (κ1) is 17.0. The molecule has 1 saturated heterocycles. The highest BCUT2D eigenvalue weighted by molar-refractivity contribution is 7.88. The van der Waals surface area contributed by atoms with Crippen molar-refractivity contribution in [1.82, 2.24) is 9.62 Å². The van der Waals surface area contributed by atoms with E-state index in [2.05, 4.69) is 5.32 Å². The molecule has 2 aliphatic carbocycles. The summed E-state index contributed by atoms with van der Waals surface area (Å²) >= 11 is 0. The number of hydrogen-bond acceptors (Lipinski definition) is 3. The largest absolute Gasteiger partial charge is 0.349 e. The summed E-state index contributed by atoms with van der Waals surface area (Å²) in [7, 11) is -3.24. The van der Waals surface area contributed by atoms with E-state index in [-0.39, 0.29) is 11.7 Å². The third-order valence-corrected chi connectivity index (χ3v) is 7.93. The van der Waals surface area contributed by atoms with Crippen LogP contribution in [0.25, 0.3) is 0 Å². The van der Waals surface area contributed by atoms with Crippen molar-refractivity contribution in [2.45, 2.75) is 50.3 Å². The van der Waals surface area contributed by atoms with Crippen LogP contribution in [0.15, 0.2) is 24.3 Å². The number of nitrogens with one attached hydrogen (secondary N) is 1. The van der Waals surface area contributed by atoms with E-state index in [1.807, 2.05) is 0 Å². The summed E-state index contributed by atoms with van der Waals surface area (Å²) in [5.41, 5.74) is 1.36. The lowest BCUT2D eigenvalue weighted by Crippen LogP contribution is -2.38. The Kier molecular flexibility index (Phi) is 4.58. The number of rotatable bonds is 5. The quantitative estimate of drug-likeness (QED) is 0.875. The molecule has 4 rings (SSSR count). The van der Waals surface area contributed by atoms with Crippen LogP contribution in [-0.4, -0.2) is 37.8 Å². The van der Waals surface area contributed by atoms with Crippen LogP contribution in [0, 0.1) is 11.8 Å². The zero-order chi connectivity index (χ0) is 17.4. The van der Waals surface area contributed by atoms with Gasteiger partial charge < -0.3 is 5.32 Å². The summed E-state index contributed by atoms with van der Waals surface area (Å²) < 4.78 is 26.3. The highest BCUT2D eigenvalue weighted by atomic mass is 32.2. The monoisotopic (exact) mass is 362 g/mol. The topological polar surface area (TPSA) is 66.5 Å². The molecule has 0 spiro atoms. The standard InChI is InChI=1S/C19H26N2O3S/c22-19(20-18-12-15-5-8-17(18)11-15)16-6-3-14(4-7-16)13-25(23,24)21-9-1-2-10-21/h3-4,6-7,15,17-18H,1-2,5,8-13H2,(H,20,22)/t15-,17-,18+/m1/s1. The van der Waals surface area contributed by atoms with E-state index in [1.54, 1.807) is 28.6 Å². The fourth-order valence-corrected chi connectivity index (χ4v) is 6.30. The van der Waals surface area contributed by atoms with Crippen LogP contribution in [-0.2, 0) is 15.8 Å². The lowest BCUT2D eigenvalue weighted by molar-refractivity contribution is 0.0923. The molecule has 1 N–H and O–H groups in total. The van der Waals surface area contributed by atoms with E-state index in [4.69, 9.17) is 0 Å². The van der Waals surface area contributed by atoms with Gasteiger partial charge in [0.2, 0.25) is 10.0 Å². The Balaban J connectivity index is 1.37. The smallest absolute Gasteiger partial charge is 0.251 e. The number of hydrogen-bond donors (Lipinski definition) is 1. The number of fused-ring (bicyclic) bond motifs is 2. The number of amides is 1. The number of carbonyl (C=O) groups excluding carboxylic acids is 1. The van der Waals surface area contributed by atoms with Gasteiger partial charge in [-0.1, -0.05) is 18.6 Å². The summed E-state index contributed by atoms with van der Waals surface area (Å²) in [4.78, 5) is 12.4. The number of sulfonamides is 1. The Morgan fingerprint density at radius 3 is 2.40 bits per heavy atom. The molecular weight excluding hydrogens is 336 g/mol. The van der Waals surface area contributed by atoms with Gasteiger partial charge in [-0.05, 0) is 61.6 Å². The second-order valence-electron chi connectivity index (χ2n) is 7.81. The maximum atomic E-state index is 12.4. The predicted octanol–water partition coefficient (Wildman–Crippen LogP) is 2.53. The van der Waals surface area contributed by atoms with Gasteiger partial charge in [-0.3, -0.25) is 4.79 Å². The van der Waals surface area contributed by atoms with Gasteiger partial charge in [-0.15, -0.1) is 0 Å². The van der Waals surface area contributed by atoms with Gasteiger partial charge in [0.05, 0.1) is 5.75 Å². The third kappa shape index (κ3) is 3.60. The third-order valence-electron chi connectivity index (χ3n) is 6.08. The van der Waals surface area contributed by atoms with Crippen molar-refractivity contribution in [2.75, 3.05) is 13.1 Å². The molecule has 1 aromatic rings. The fourth-order valence-electron chi connectivity index (χ4n) is 4.69. The minimum atomic E-state index is -3.24. The first-order chi connectivity index (χ1) is 12.0. The molecule has 0 radical (unpaired) electrons. The number of carbonyl (C=O) groups is 1. The Morgan fingerprint density at radius 2 is 1.80 bits per heavy atom. The molecule has 0 unspecified atom stereocenters. The van der Waals surface area contributed by atoms with Crippen molar-refractivity contribution in [1.29, 1.82) is 0 Å². The molecule has 2 saturated carbocycles. The van der Waals surface area contributed by atoms with Crippen molar-refractivity contribution in [3.8, 4) is 0 Å². The van der Waals surface area contributed by atoms with Gasteiger partial charge in [0.15, 0.2) is 0 Å². The van der Waals surface area contributed by atoms with Gasteiger partial charge in [0.1, 0.15) is 0 Å². The second kappa shape index (κ2) is 6.72. The van der Waals surface area contributed by atoms with Crippen LogP contribution in [0.5, 0.6) is 0 Å². The molecule has 3 fully saturated rings. The molecule has 1 aromatic carbocycles. The van der Waals surface area contributed by atoms with Crippen LogP contribution in [0.4, 0.5) is 0 Å². The van der Waals surface area contributed by atoms with E-state index >= 15 is 0 Å². The first-order valence-corrected chi connectivity index (χ1v) is 11.0. The summed E-state index contributed by atoms with van der Waals surface area (Å²) in [6.07, 6.45) is 6.82. The van der Waals surface area contributed by atoms with Crippen molar-refractivity contribution >= 4 is 15.9 Å². The Bertz CT molecular complexity index is 738. The Hall–Kier alpha value is -1.40. The summed E-state index contributed by atoms with van der Waals surface area (Å²) in [6.45, 7) is 1.26. The van der Waals surface area contributed by atoms with Crippen molar-refractivity contribution in [3.05, 3.63) is 35.4 Å².